The summed E-state index contributed by atoms with van der Waals surface area (Å²) in [5.74, 6) is -1.14. The molecule has 4 N–H and O–H groups in total. The zero-order valence-corrected chi connectivity index (χ0v) is 40.3. The van der Waals surface area contributed by atoms with Crippen LogP contribution in [0.2, 0.25) is 0 Å². The fraction of sp³-hybridized carbons (Fsp3) is 0.667. The van der Waals surface area contributed by atoms with E-state index in [1.165, 1.54) is 38.5 Å². The Bertz CT molecular complexity index is 1510. The van der Waals surface area contributed by atoms with Gasteiger partial charge in [-0.2, -0.15) is 0 Å². The van der Waals surface area contributed by atoms with Crippen LogP contribution in [0, 0.1) is 0 Å². The second-order valence-corrected chi connectivity index (χ2v) is 18.4. The number of hydrogen-bond donors (Lipinski definition) is 4. The molecule has 0 aromatic heterocycles. The topological polar surface area (TPSA) is 208 Å². The van der Waals surface area contributed by atoms with Crippen molar-refractivity contribution >= 4 is 27.6 Å². The van der Waals surface area contributed by atoms with Gasteiger partial charge < -0.3 is 34.0 Å². The minimum atomic E-state index is -4.88. The molecular formula is C48H80O14P2. The number of aliphatic hydroxyl groups excluding tert-OH is 1. The number of rotatable bonds is 42. The van der Waals surface area contributed by atoms with E-state index in [4.69, 9.17) is 28.5 Å². The maximum Gasteiger partial charge on any atom is 0.472 e. The third-order valence-electron chi connectivity index (χ3n) is 9.67. The molecule has 1 rings (SSSR count). The van der Waals surface area contributed by atoms with Gasteiger partial charge in [-0.15, -0.1) is 0 Å². The Morgan fingerprint density at radius 2 is 1.03 bits per heavy atom. The summed E-state index contributed by atoms with van der Waals surface area (Å²) in [5, 5.41) is 9.76. The molecule has 1 aliphatic heterocycles. The van der Waals surface area contributed by atoms with Crippen molar-refractivity contribution in [3.8, 4) is 0 Å². The fourth-order valence-corrected chi connectivity index (χ4v) is 7.16. The average Bonchev–Trinajstić information content (AvgIpc) is 4.01. The summed E-state index contributed by atoms with van der Waals surface area (Å²) in [6, 6.07) is 0. The number of ether oxygens (including phenoxy) is 3. The molecule has 3 unspecified atom stereocenters. The quantitative estimate of drug-likeness (QED) is 0.0148. The van der Waals surface area contributed by atoms with Gasteiger partial charge >= 0.3 is 27.6 Å². The summed E-state index contributed by atoms with van der Waals surface area (Å²) in [5.41, 5.74) is 0. The van der Waals surface area contributed by atoms with E-state index in [0.29, 0.717) is 31.5 Å². The second kappa shape index (κ2) is 39.4. The van der Waals surface area contributed by atoms with Gasteiger partial charge in [0.1, 0.15) is 12.7 Å². The molecule has 1 fully saturated rings. The fourth-order valence-electron chi connectivity index (χ4n) is 6.00. The molecule has 0 saturated carbocycles. The van der Waals surface area contributed by atoms with E-state index in [0.717, 1.165) is 70.6 Å². The molecule has 1 heterocycles. The van der Waals surface area contributed by atoms with Crippen molar-refractivity contribution in [1.29, 1.82) is 0 Å². The van der Waals surface area contributed by atoms with Crippen LogP contribution in [0.25, 0.3) is 0 Å². The first-order valence-corrected chi connectivity index (χ1v) is 26.4. The first-order valence-electron chi connectivity index (χ1n) is 23.4. The molecule has 14 nitrogen and oxygen atoms in total. The number of phosphoric ester groups is 2. The predicted octanol–water partition coefficient (Wildman–Crippen LogP) is 11.3. The third-order valence-corrected chi connectivity index (χ3v) is 11.1. The Labute approximate surface area is 383 Å². The van der Waals surface area contributed by atoms with Crippen LogP contribution < -0.4 is 0 Å². The Morgan fingerprint density at radius 1 is 0.547 bits per heavy atom. The van der Waals surface area contributed by atoms with Crippen LogP contribution in [-0.2, 0) is 46.5 Å². The van der Waals surface area contributed by atoms with Gasteiger partial charge in [0.2, 0.25) is 0 Å². The Morgan fingerprint density at radius 3 is 1.61 bits per heavy atom. The number of esters is 2. The van der Waals surface area contributed by atoms with E-state index in [1.54, 1.807) is 0 Å². The molecule has 16 heteroatoms. The number of epoxide rings is 1. The van der Waals surface area contributed by atoms with E-state index >= 15 is 0 Å². The van der Waals surface area contributed by atoms with Crippen LogP contribution in [0.1, 0.15) is 155 Å². The van der Waals surface area contributed by atoms with Gasteiger partial charge in [0.15, 0.2) is 6.10 Å². The summed E-state index contributed by atoms with van der Waals surface area (Å²) in [6.07, 6.45) is 47.5. The van der Waals surface area contributed by atoms with Gasteiger partial charge in [0.25, 0.3) is 0 Å². The molecule has 0 aliphatic carbocycles. The number of phosphoric acid groups is 2. The van der Waals surface area contributed by atoms with E-state index in [2.05, 4.69) is 95.8 Å². The van der Waals surface area contributed by atoms with Crippen LogP contribution >= 0.6 is 15.6 Å². The second-order valence-electron chi connectivity index (χ2n) is 15.7. The summed E-state index contributed by atoms with van der Waals surface area (Å²) >= 11 is 0. The lowest BCUT2D eigenvalue weighted by molar-refractivity contribution is -0.161. The smallest absolute Gasteiger partial charge is 0.462 e. The van der Waals surface area contributed by atoms with E-state index in [1.807, 2.05) is 12.2 Å². The molecule has 0 bridgehead atoms. The highest BCUT2D eigenvalue weighted by molar-refractivity contribution is 7.47. The van der Waals surface area contributed by atoms with E-state index < -0.39 is 66.2 Å². The molecule has 0 spiro atoms. The molecule has 0 aromatic carbocycles. The first-order chi connectivity index (χ1) is 30.8. The van der Waals surface area contributed by atoms with Gasteiger partial charge in [-0.3, -0.25) is 23.2 Å². The number of allylic oxidation sites excluding steroid dienone is 13. The zero-order chi connectivity index (χ0) is 47.0. The number of carbonyl (C=O) groups excluding carboxylic acids is 2. The predicted molar refractivity (Wildman–Crippen MR) is 252 cm³/mol. The summed E-state index contributed by atoms with van der Waals surface area (Å²) in [4.78, 5) is 52.8. The van der Waals surface area contributed by atoms with Gasteiger partial charge in [-0.25, -0.2) is 9.13 Å². The number of hydrogen-bond acceptors (Lipinski definition) is 11. The van der Waals surface area contributed by atoms with Crippen molar-refractivity contribution in [2.45, 2.75) is 180 Å². The standard InChI is InChI=1S/C48H80O14P2/c1-3-5-7-8-9-10-11-12-13-14-15-16-17-18-19-23-26-29-33-37-47(50)57-41-44(42-60-64(55,56)59-40-43(49)39-58-63(52,53)54)61-48(51)38-34-30-27-24-21-20-22-25-28-32-36-46-45(62-46)35-31-6-4-2/h9-10,12-13,15-16,18-20,22,24,27-28,32,43-46,49H,3-8,11,14,17,21,23,25-26,29-31,33-42H2,1-2H3,(H,55,56)(H2,52,53,54)/b10-9-,13-12-,16-15-,19-18-,22-20-,27-24-,32-28-/t43-,44+,45?,46?/m0/s1. The van der Waals surface area contributed by atoms with Crippen LogP contribution in [0.15, 0.2) is 85.1 Å². The monoisotopic (exact) mass is 943 g/mol. The molecule has 5 atom stereocenters. The zero-order valence-electron chi connectivity index (χ0n) is 38.5. The van der Waals surface area contributed by atoms with Crippen molar-refractivity contribution in [3.05, 3.63) is 85.1 Å². The molecule has 0 radical (unpaired) electrons. The molecule has 366 valence electrons. The highest BCUT2D eigenvalue weighted by Gasteiger charge is 2.36. The largest absolute Gasteiger partial charge is 0.472 e. The minimum Gasteiger partial charge on any atom is -0.462 e. The Hall–Kier alpha value is -2.74. The van der Waals surface area contributed by atoms with Gasteiger partial charge in [0, 0.05) is 12.8 Å². The van der Waals surface area contributed by atoms with Crippen LogP contribution in [-0.4, -0.2) is 82.6 Å². The molecule has 1 saturated heterocycles. The SMILES string of the molecule is CCCCC/C=C\C/C=C\C/C=C\C/C=C\CCCCCC(=O)OC[C@H](COP(=O)(O)OC[C@@H](O)COP(=O)(O)O)OC(=O)CCC/C=C\C/C=C\C/C=C\CC1OC1CCCCC. The molecule has 1 aliphatic rings. The highest BCUT2D eigenvalue weighted by Crippen LogP contribution is 2.44. The van der Waals surface area contributed by atoms with E-state index in [9.17, 15) is 28.7 Å². The molecule has 0 aromatic rings. The maximum atomic E-state index is 12.7. The van der Waals surface area contributed by atoms with Crippen molar-refractivity contribution in [3.63, 3.8) is 0 Å². The Kier molecular flexibility index (Phi) is 36.5. The van der Waals surface area contributed by atoms with Crippen LogP contribution in [0.4, 0.5) is 0 Å². The third kappa shape index (κ3) is 39.6. The van der Waals surface area contributed by atoms with Crippen LogP contribution in [0.5, 0.6) is 0 Å². The summed E-state index contributed by atoms with van der Waals surface area (Å²) < 4.78 is 53.5. The van der Waals surface area contributed by atoms with Crippen LogP contribution in [0.3, 0.4) is 0 Å². The molecule has 64 heavy (non-hydrogen) atoms. The van der Waals surface area contributed by atoms with Gasteiger partial charge in [0.05, 0.1) is 32.0 Å². The van der Waals surface area contributed by atoms with Crippen molar-refractivity contribution in [1.82, 2.24) is 0 Å². The average molecular weight is 943 g/mol. The lowest BCUT2D eigenvalue weighted by Crippen LogP contribution is -2.29. The lowest BCUT2D eigenvalue weighted by atomic mass is 10.1. The molecule has 0 amide bonds. The number of carbonyl (C=O) groups is 2. The maximum absolute atomic E-state index is 12.7. The number of unbranched alkanes of at least 4 members (excludes halogenated alkanes) is 9. The van der Waals surface area contributed by atoms with Gasteiger partial charge in [-0.05, 0) is 89.9 Å². The first kappa shape index (κ1) is 59.3. The normalized spacial score (nSPS) is 17.8. The van der Waals surface area contributed by atoms with Crippen molar-refractivity contribution < 1.29 is 66.3 Å². The Balaban J connectivity index is 2.40. The minimum absolute atomic E-state index is 0.0398. The summed E-state index contributed by atoms with van der Waals surface area (Å²) in [7, 11) is -9.72. The highest BCUT2D eigenvalue weighted by atomic mass is 31.2. The molecular weight excluding hydrogens is 862 g/mol. The summed E-state index contributed by atoms with van der Waals surface area (Å²) in [6.45, 7) is 1.59. The van der Waals surface area contributed by atoms with Crippen molar-refractivity contribution in [2.75, 3.05) is 26.4 Å². The van der Waals surface area contributed by atoms with Gasteiger partial charge in [-0.1, -0.05) is 137 Å². The lowest BCUT2D eigenvalue weighted by Gasteiger charge is -2.20. The van der Waals surface area contributed by atoms with Crippen molar-refractivity contribution in [2.24, 2.45) is 0 Å². The number of aliphatic hydroxyl groups is 1. The van der Waals surface area contributed by atoms with E-state index in [-0.39, 0.29) is 12.8 Å².